The first-order valence-electron chi connectivity index (χ1n) is 6.77. The van der Waals surface area contributed by atoms with Crippen LogP contribution < -0.4 is 20.8 Å². The molecule has 0 atom stereocenters. The second-order valence-corrected chi connectivity index (χ2v) is 5.83. The van der Waals surface area contributed by atoms with E-state index in [-0.39, 0.29) is 19.5 Å². The van der Waals surface area contributed by atoms with Gasteiger partial charge in [-0.3, -0.25) is 0 Å². The van der Waals surface area contributed by atoms with Gasteiger partial charge in [0.15, 0.2) is 0 Å². The summed E-state index contributed by atoms with van der Waals surface area (Å²) in [6.07, 6.45) is -10.4. The topological polar surface area (TPSA) is 80.3 Å². The molecule has 0 saturated carbocycles. The van der Waals surface area contributed by atoms with E-state index >= 15 is 0 Å². The van der Waals surface area contributed by atoms with Gasteiger partial charge >= 0.3 is 31.8 Å². The summed E-state index contributed by atoms with van der Waals surface area (Å²) in [5.74, 6) is -6.01. The average Bonchev–Trinajstić information content (AvgIpc) is 2.56. The minimum absolute atomic E-state index is 0. The summed E-state index contributed by atoms with van der Waals surface area (Å²) in [7, 11) is 0.777. The fourth-order valence-corrected chi connectivity index (χ4v) is 2.26. The molecule has 0 radical (unpaired) electrons. The van der Waals surface area contributed by atoms with Crippen molar-refractivity contribution in [1.29, 1.82) is 0 Å². The normalized spacial score (nSPS) is 10.2. The average molecular weight is 513 g/mol. The molecule has 0 heterocycles. The van der Waals surface area contributed by atoms with E-state index < -0.39 is 24.3 Å². The van der Waals surface area contributed by atoms with E-state index in [4.69, 9.17) is 19.8 Å². The summed E-state index contributed by atoms with van der Waals surface area (Å²) in [5, 5.41) is 20.4. The summed E-state index contributed by atoms with van der Waals surface area (Å²) in [4.78, 5) is 17.6. The van der Waals surface area contributed by atoms with Crippen LogP contribution >= 0.6 is 8.58 Å². The molecule has 0 amide bonds. The van der Waals surface area contributed by atoms with E-state index in [1.807, 2.05) is 0 Å². The van der Waals surface area contributed by atoms with Gasteiger partial charge in [0.2, 0.25) is 0 Å². The van der Waals surface area contributed by atoms with Crippen molar-refractivity contribution in [3.05, 3.63) is 60.7 Å². The molecule has 2 aromatic rings. The molecule has 0 unspecified atom stereocenters. The summed E-state index contributed by atoms with van der Waals surface area (Å²) in [5.41, 5.74) is 0. The van der Waals surface area contributed by atoms with Crippen molar-refractivity contribution in [2.75, 3.05) is 0 Å². The van der Waals surface area contributed by atoms with E-state index in [1.54, 1.807) is 0 Å². The molecule has 28 heavy (non-hydrogen) atoms. The maximum atomic E-state index is 10.5. The number of carboxylic acid groups (broad SMARTS) is 2. The molecular weight excluding hydrogens is 502 g/mol. The number of hydrogen-bond donors (Lipinski definition) is 0. The van der Waals surface area contributed by atoms with Gasteiger partial charge in [0.1, 0.15) is 11.9 Å². The Morgan fingerprint density at radius 3 is 1.04 bits per heavy atom. The number of halogens is 6. The van der Waals surface area contributed by atoms with Crippen LogP contribution in [0.2, 0.25) is 0 Å². The fraction of sp³-hybridized carbons (Fsp3) is 0.125. The van der Waals surface area contributed by atoms with E-state index in [0.29, 0.717) is 0 Å². The zero-order valence-electron chi connectivity index (χ0n) is 13.5. The smallest absolute Gasteiger partial charge is 0.542 e. The Bertz CT molecular complexity index is 647. The number of hydrogen-bond acceptors (Lipinski definition) is 4. The fourth-order valence-electron chi connectivity index (χ4n) is 1.21. The van der Waals surface area contributed by atoms with E-state index in [2.05, 4.69) is 60.7 Å². The van der Waals surface area contributed by atoms with Crippen molar-refractivity contribution in [3.8, 4) is 0 Å². The van der Waals surface area contributed by atoms with Crippen LogP contribution in [0.25, 0.3) is 0 Å². The number of carbonyl (C=O) groups is 2. The molecule has 2 aromatic carbocycles. The first-order valence-corrected chi connectivity index (χ1v) is 7.77. The summed E-state index contributed by atoms with van der Waals surface area (Å²) in [6, 6.07) is 21.2. The molecule has 0 bridgehead atoms. The molecule has 154 valence electrons. The number of alkyl halides is 6. The quantitative estimate of drug-likeness (QED) is 0.340. The van der Waals surface area contributed by atoms with Crippen LogP contribution in [0.3, 0.4) is 0 Å². The zero-order valence-corrected chi connectivity index (χ0v) is 16.3. The van der Waals surface area contributed by atoms with Crippen molar-refractivity contribution >= 4 is 31.1 Å². The Balaban J connectivity index is 0. The molecule has 0 spiro atoms. The van der Waals surface area contributed by atoms with Gasteiger partial charge in [0.25, 0.3) is 0 Å². The number of carbonyl (C=O) groups excluding carboxylic acids is 2. The predicted octanol–water partition coefficient (Wildman–Crippen LogP) is 0.911. The summed E-state index contributed by atoms with van der Waals surface area (Å²) >= 11 is 0. The SMILES string of the molecule is O=C([O-])C(F)(F)F.O=C([O-])C(F)(F)F.[Ru+2].c1ccc(Pc2ccccc2)cc1. The van der Waals surface area contributed by atoms with Gasteiger partial charge in [-0.15, -0.1) is 0 Å². The van der Waals surface area contributed by atoms with Gasteiger partial charge in [0.05, 0.1) is 0 Å². The molecule has 0 saturated heterocycles. The third kappa shape index (κ3) is 14.1. The summed E-state index contributed by atoms with van der Waals surface area (Å²) < 4.78 is 63.1. The van der Waals surface area contributed by atoms with Crippen LogP contribution in [-0.2, 0) is 29.1 Å². The van der Waals surface area contributed by atoms with Gasteiger partial charge in [-0.05, 0) is 10.6 Å². The van der Waals surface area contributed by atoms with Crippen molar-refractivity contribution in [3.63, 3.8) is 0 Å². The molecule has 2 rings (SSSR count). The van der Waals surface area contributed by atoms with E-state index in [0.717, 1.165) is 8.58 Å². The van der Waals surface area contributed by atoms with Crippen LogP contribution in [0.15, 0.2) is 60.7 Å². The number of rotatable bonds is 2. The molecule has 0 N–H and O–H groups in total. The van der Waals surface area contributed by atoms with Gasteiger partial charge in [-0.1, -0.05) is 69.2 Å². The molecular formula is C16H11F6O4PRu. The molecule has 0 aliphatic rings. The van der Waals surface area contributed by atoms with E-state index in [1.165, 1.54) is 10.6 Å². The van der Waals surface area contributed by atoms with Crippen molar-refractivity contribution < 1.29 is 65.6 Å². The molecule has 0 aromatic heterocycles. The first-order chi connectivity index (χ1) is 12.3. The van der Waals surface area contributed by atoms with Crippen LogP contribution in [0.1, 0.15) is 0 Å². The Morgan fingerprint density at radius 1 is 0.643 bits per heavy atom. The van der Waals surface area contributed by atoms with Crippen molar-refractivity contribution in [2.45, 2.75) is 12.4 Å². The molecule has 12 heteroatoms. The maximum absolute atomic E-state index is 10.5. The van der Waals surface area contributed by atoms with Crippen LogP contribution in [0, 0.1) is 0 Å². The van der Waals surface area contributed by atoms with Crippen LogP contribution in [0.4, 0.5) is 26.3 Å². The van der Waals surface area contributed by atoms with Gasteiger partial charge < -0.3 is 19.8 Å². The Kier molecular flexibility index (Phi) is 13.3. The van der Waals surface area contributed by atoms with Gasteiger partial charge in [-0.2, -0.15) is 26.3 Å². The zero-order chi connectivity index (χ0) is 21.1. The van der Waals surface area contributed by atoms with Crippen LogP contribution in [-0.4, -0.2) is 24.3 Å². The standard InChI is InChI=1S/C12H11P.2C2HF3O2.Ru/c1-3-7-11(8-4-1)13-12-9-5-2-6-10-12;2*3-2(4,5)1(6)7;/h1-10,13H;2*(H,6,7);/q;;;+2/p-2. The van der Waals surface area contributed by atoms with E-state index in [9.17, 15) is 26.3 Å². The summed E-state index contributed by atoms with van der Waals surface area (Å²) in [6.45, 7) is 0. The number of carboxylic acids is 2. The predicted molar refractivity (Wildman–Crippen MR) is 82.6 cm³/mol. The van der Waals surface area contributed by atoms with Gasteiger partial charge in [-0.25, -0.2) is 0 Å². The largest absolute Gasteiger partial charge is 2.00 e. The van der Waals surface area contributed by atoms with Gasteiger partial charge in [0, 0.05) is 0 Å². The second kappa shape index (κ2) is 13.2. The first kappa shape index (κ1) is 28.2. The molecule has 4 nitrogen and oxygen atoms in total. The minimum atomic E-state index is -5.19. The Morgan fingerprint density at radius 2 is 0.857 bits per heavy atom. The number of benzene rings is 2. The molecule has 0 fully saturated rings. The van der Waals surface area contributed by atoms with Crippen molar-refractivity contribution in [2.24, 2.45) is 0 Å². The third-order valence-electron chi connectivity index (χ3n) is 2.30. The Labute approximate surface area is 170 Å². The maximum Gasteiger partial charge on any atom is 2.00 e. The van der Waals surface area contributed by atoms with Crippen LogP contribution in [0.5, 0.6) is 0 Å². The minimum Gasteiger partial charge on any atom is -0.542 e. The number of aliphatic carboxylic acids is 2. The monoisotopic (exact) mass is 514 g/mol. The molecule has 0 aliphatic carbocycles. The second-order valence-electron chi connectivity index (χ2n) is 4.43. The van der Waals surface area contributed by atoms with Crippen molar-refractivity contribution in [1.82, 2.24) is 0 Å². The molecule has 0 aliphatic heterocycles. The Hall–Kier alpha value is -1.99. The third-order valence-corrected chi connectivity index (χ3v) is 3.54.